The number of amides is 1. The highest BCUT2D eigenvalue weighted by Crippen LogP contribution is 2.25. The number of carbonyl (C=O) groups is 1. The predicted molar refractivity (Wildman–Crippen MR) is 57.1 cm³/mol. The lowest BCUT2D eigenvalue weighted by molar-refractivity contribution is 0.0535. The largest absolute Gasteiger partial charge is 0.337 e. The monoisotopic (exact) mass is 259 g/mol. The molecule has 2 rings (SSSR count). The average Bonchev–Trinajstić information content (AvgIpc) is 2.45. The summed E-state index contributed by atoms with van der Waals surface area (Å²) >= 11 is 4.85. The maximum atomic E-state index is 11.7. The average molecular weight is 260 g/mol. The van der Waals surface area contributed by atoms with E-state index in [9.17, 15) is 4.79 Å². The summed E-state index contributed by atoms with van der Waals surface area (Å²) in [7, 11) is 0. The summed E-state index contributed by atoms with van der Waals surface area (Å²) < 4.78 is 1.02. The van der Waals surface area contributed by atoms with Crippen LogP contribution in [0.5, 0.6) is 0 Å². The molecule has 1 aromatic heterocycles. The van der Waals surface area contributed by atoms with Crippen molar-refractivity contribution in [2.45, 2.75) is 6.92 Å². The van der Waals surface area contributed by atoms with Crippen molar-refractivity contribution in [3.63, 3.8) is 0 Å². The predicted octanol–water partition coefficient (Wildman–Crippen LogP) is 2.60. The van der Waals surface area contributed by atoms with Gasteiger partial charge in [-0.05, 0) is 34.0 Å². The molecule has 1 fully saturated rings. The maximum Gasteiger partial charge on any atom is 0.263 e. The van der Waals surface area contributed by atoms with Gasteiger partial charge in [-0.2, -0.15) is 0 Å². The van der Waals surface area contributed by atoms with Crippen LogP contribution in [0.4, 0.5) is 0 Å². The molecular formula is C9H10BrNOS. The lowest BCUT2D eigenvalue weighted by atomic mass is 10.0. The van der Waals surface area contributed by atoms with Gasteiger partial charge >= 0.3 is 0 Å². The van der Waals surface area contributed by atoms with Gasteiger partial charge in [0.05, 0.1) is 8.66 Å². The fourth-order valence-electron chi connectivity index (χ4n) is 1.45. The summed E-state index contributed by atoms with van der Waals surface area (Å²) in [6.45, 7) is 3.98. The molecular weight excluding hydrogens is 250 g/mol. The van der Waals surface area contributed by atoms with Crippen molar-refractivity contribution in [3.05, 3.63) is 20.8 Å². The summed E-state index contributed by atoms with van der Waals surface area (Å²) in [6, 6.07) is 3.79. The first-order valence-corrected chi connectivity index (χ1v) is 5.82. The number of likely N-dealkylation sites (tertiary alicyclic amines) is 1. The second kappa shape index (κ2) is 3.42. The Morgan fingerprint density at radius 3 is 2.77 bits per heavy atom. The Balaban J connectivity index is 2.06. The normalized spacial score (nSPS) is 17.2. The van der Waals surface area contributed by atoms with Gasteiger partial charge in [-0.25, -0.2) is 0 Å². The minimum atomic E-state index is 0.175. The number of hydrogen-bond acceptors (Lipinski definition) is 2. The van der Waals surface area contributed by atoms with Gasteiger partial charge in [-0.15, -0.1) is 11.3 Å². The first-order chi connectivity index (χ1) is 6.16. The van der Waals surface area contributed by atoms with E-state index in [1.165, 1.54) is 11.3 Å². The Morgan fingerprint density at radius 1 is 1.62 bits per heavy atom. The van der Waals surface area contributed by atoms with Crippen LogP contribution >= 0.6 is 27.3 Å². The van der Waals surface area contributed by atoms with E-state index < -0.39 is 0 Å². The summed E-state index contributed by atoms with van der Waals surface area (Å²) in [5, 5.41) is 0. The first-order valence-electron chi connectivity index (χ1n) is 4.21. The van der Waals surface area contributed by atoms with Crippen LogP contribution in [0.1, 0.15) is 16.6 Å². The third-order valence-corrected chi connectivity index (χ3v) is 3.75. The van der Waals surface area contributed by atoms with Gasteiger partial charge in [-0.3, -0.25) is 4.79 Å². The fourth-order valence-corrected chi connectivity index (χ4v) is 2.80. The Hall–Kier alpha value is -0.350. The fraction of sp³-hybridized carbons (Fsp3) is 0.444. The van der Waals surface area contributed by atoms with Gasteiger partial charge < -0.3 is 4.90 Å². The van der Waals surface area contributed by atoms with Crippen LogP contribution in [0.25, 0.3) is 0 Å². The highest BCUT2D eigenvalue weighted by Gasteiger charge is 2.28. The standard InChI is InChI=1S/C9H10BrNOS/c1-6-4-11(5-6)9(12)7-2-3-8(10)13-7/h2-3,6H,4-5H2,1H3. The van der Waals surface area contributed by atoms with E-state index in [1.54, 1.807) is 0 Å². The molecule has 1 aliphatic heterocycles. The van der Waals surface area contributed by atoms with Gasteiger partial charge in [0.1, 0.15) is 0 Å². The molecule has 1 saturated heterocycles. The number of hydrogen-bond donors (Lipinski definition) is 0. The number of carbonyl (C=O) groups excluding carboxylic acids is 1. The summed E-state index contributed by atoms with van der Waals surface area (Å²) in [6.07, 6.45) is 0. The second-order valence-electron chi connectivity index (χ2n) is 3.42. The Kier molecular flexibility index (Phi) is 2.43. The minimum Gasteiger partial charge on any atom is -0.337 e. The van der Waals surface area contributed by atoms with Crippen molar-refractivity contribution in [3.8, 4) is 0 Å². The number of thiophene rings is 1. The Bertz CT molecular complexity index is 330. The zero-order valence-electron chi connectivity index (χ0n) is 7.29. The van der Waals surface area contributed by atoms with Gasteiger partial charge in [0.15, 0.2) is 0 Å². The highest BCUT2D eigenvalue weighted by atomic mass is 79.9. The van der Waals surface area contributed by atoms with E-state index in [4.69, 9.17) is 0 Å². The van der Waals surface area contributed by atoms with E-state index in [0.717, 1.165) is 21.8 Å². The lowest BCUT2D eigenvalue weighted by Gasteiger charge is -2.36. The molecule has 4 heteroatoms. The molecule has 2 nitrogen and oxygen atoms in total. The molecule has 1 amide bonds. The molecule has 0 unspecified atom stereocenters. The molecule has 1 aliphatic rings. The third-order valence-electron chi connectivity index (χ3n) is 2.14. The van der Waals surface area contributed by atoms with Gasteiger partial charge in [-0.1, -0.05) is 6.92 Å². The van der Waals surface area contributed by atoms with Gasteiger partial charge in [0.2, 0.25) is 0 Å². The second-order valence-corrected chi connectivity index (χ2v) is 5.88. The van der Waals surface area contributed by atoms with Crippen LogP contribution in [0, 0.1) is 5.92 Å². The lowest BCUT2D eigenvalue weighted by Crippen LogP contribution is -2.48. The number of nitrogens with zero attached hydrogens (tertiary/aromatic N) is 1. The first kappa shape index (κ1) is 9.21. The van der Waals surface area contributed by atoms with Crippen LogP contribution in [-0.4, -0.2) is 23.9 Å². The molecule has 0 saturated carbocycles. The summed E-state index contributed by atoms with van der Waals surface area (Å²) in [5.74, 6) is 0.848. The van der Waals surface area contributed by atoms with Crippen molar-refractivity contribution in [1.82, 2.24) is 4.90 Å². The smallest absolute Gasteiger partial charge is 0.263 e. The molecule has 0 spiro atoms. The third kappa shape index (κ3) is 1.79. The zero-order valence-corrected chi connectivity index (χ0v) is 9.69. The van der Waals surface area contributed by atoms with E-state index in [2.05, 4.69) is 22.9 Å². The summed E-state index contributed by atoms with van der Waals surface area (Å²) in [5.41, 5.74) is 0. The maximum absolute atomic E-state index is 11.7. The van der Waals surface area contributed by atoms with Crippen molar-refractivity contribution >= 4 is 33.2 Å². The van der Waals surface area contributed by atoms with Crippen molar-refractivity contribution in [2.24, 2.45) is 5.92 Å². The molecule has 0 radical (unpaired) electrons. The van der Waals surface area contributed by atoms with E-state index in [0.29, 0.717) is 5.92 Å². The van der Waals surface area contributed by atoms with Crippen molar-refractivity contribution < 1.29 is 4.79 Å². The van der Waals surface area contributed by atoms with Gasteiger partial charge in [0, 0.05) is 13.1 Å². The molecule has 0 atom stereocenters. The van der Waals surface area contributed by atoms with Crippen molar-refractivity contribution in [1.29, 1.82) is 0 Å². The SMILES string of the molecule is CC1CN(C(=O)c2ccc(Br)s2)C1. The molecule has 2 heterocycles. The van der Waals surface area contributed by atoms with E-state index in [-0.39, 0.29) is 5.91 Å². The zero-order chi connectivity index (χ0) is 9.42. The molecule has 1 aromatic rings. The van der Waals surface area contributed by atoms with Crippen LogP contribution in [0.3, 0.4) is 0 Å². The molecule has 0 bridgehead atoms. The molecule has 0 N–H and O–H groups in total. The number of halogens is 1. The van der Waals surface area contributed by atoms with Crippen LogP contribution in [0.2, 0.25) is 0 Å². The Morgan fingerprint density at radius 2 is 2.31 bits per heavy atom. The molecule has 0 aromatic carbocycles. The quantitative estimate of drug-likeness (QED) is 0.760. The van der Waals surface area contributed by atoms with E-state index >= 15 is 0 Å². The van der Waals surface area contributed by atoms with Crippen LogP contribution < -0.4 is 0 Å². The highest BCUT2D eigenvalue weighted by molar-refractivity contribution is 9.11. The van der Waals surface area contributed by atoms with Gasteiger partial charge in [0.25, 0.3) is 5.91 Å². The van der Waals surface area contributed by atoms with E-state index in [1.807, 2.05) is 17.0 Å². The van der Waals surface area contributed by atoms with Crippen LogP contribution in [-0.2, 0) is 0 Å². The number of rotatable bonds is 1. The minimum absolute atomic E-state index is 0.175. The molecule has 0 aliphatic carbocycles. The topological polar surface area (TPSA) is 20.3 Å². The van der Waals surface area contributed by atoms with Crippen molar-refractivity contribution in [2.75, 3.05) is 13.1 Å². The van der Waals surface area contributed by atoms with Crippen LogP contribution in [0.15, 0.2) is 15.9 Å². The molecule has 13 heavy (non-hydrogen) atoms. The Labute approximate surface area is 89.7 Å². The summed E-state index contributed by atoms with van der Waals surface area (Å²) in [4.78, 5) is 14.4. The molecule has 70 valence electrons.